The smallest absolute Gasteiger partial charge is 0.119 e. The van der Waals surface area contributed by atoms with Gasteiger partial charge in [0.25, 0.3) is 0 Å². The van der Waals surface area contributed by atoms with Gasteiger partial charge in [0.2, 0.25) is 0 Å². The number of para-hydroxylation sites is 1. The molecule has 0 amide bonds. The minimum atomic E-state index is 0.254. The number of hydrogen-bond acceptors (Lipinski definition) is 2. The Morgan fingerprint density at radius 3 is 3.27 bits per heavy atom. The van der Waals surface area contributed by atoms with Crippen molar-refractivity contribution >= 4 is 0 Å². The van der Waals surface area contributed by atoms with Gasteiger partial charge in [-0.1, -0.05) is 18.2 Å². The Hall–Kier alpha value is -1.02. The lowest BCUT2D eigenvalue weighted by Crippen LogP contribution is -2.03. The molecule has 1 saturated heterocycles. The molecule has 1 aliphatic rings. The second kappa shape index (κ2) is 2.93. The summed E-state index contributed by atoms with van der Waals surface area (Å²) < 4.78 is 17.8. The van der Waals surface area contributed by atoms with Crippen LogP contribution in [0.15, 0.2) is 30.3 Å². The van der Waals surface area contributed by atoms with Crippen molar-refractivity contribution in [3.8, 4) is 5.75 Å². The van der Waals surface area contributed by atoms with Gasteiger partial charge in [-0.05, 0) is 12.1 Å². The van der Waals surface area contributed by atoms with E-state index in [0.717, 1.165) is 6.61 Å². The highest BCUT2D eigenvalue weighted by molar-refractivity contribution is 5.20. The summed E-state index contributed by atoms with van der Waals surface area (Å²) in [4.78, 5) is 0. The fourth-order valence-electron chi connectivity index (χ4n) is 0.814. The number of hydrogen-bond donors (Lipinski definition) is 0. The second-order valence-corrected chi connectivity index (χ2v) is 2.49. The predicted molar refractivity (Wildman–Crippen MR) is 41.7 cm³/mol. The van der Waals surface area contributed by atoms with Crippen molar-refractivity contribution < 1.29 is 10.8 Å². The lowest BCUT2D eigenvalue weighted by molar-refractivity contribution is 0.263. The van der Waals surface area contributed by atoms with E-state index in [-0.39, 0.29) is 6.10 Å². The van der Waals surface area contributed by atoms with Crippen molar-refractivity contribution in [3.05, 3.63) is 30.3 Å². The molecule has 1 atom stereocenters. The van der Waals surface area contributed by atoms with Crippen molar-refractivity contribution in [1.82, 2.24) is 0 Å². The molecule has 11 heavy (non-hydrogen) atoms. The van der Waals surface area contributed by atoms with Crippen molar-refractivity contribution in [2.75, 3.05) is 13.2 Å². The zero-order valence-corrected chi connectivity index (χ0v) is 6.12. The number of ether oxygens (including phenoxy) is 2. The topological polar surface area (TPSA) is 21.8 Å². The first-order chi connectivity index (χ1) is 5.86. The van der Waals surface area contributed by atoms with Crippen LogP contribution < -0.4 is 4.74 Å². The molecule has 0 bridgehead atoms. The van der Waals surface area contributed by atoms with Gasteiger partial charge in [0, 0.05) is 0 Å². The van der Waals surface area contributed by atoms with Crippen LogP contribution in [0.4, 0.5) is 0 Å². The molecule has 1 fully saturated rings. The summed E-state index contributed by atoms with van der Waals surface area (Å²) in [5.41, 5.74) is 0. The maximum absolute atomic E-state index is 7.47. The number of epoxide rings is 1. The summed E-state index contributed by atoms with van der Waals surface area (Å²) in [5, 5.41) is 0. The molecule has 58 valence electrons. The molecule has 1 aliphatic heterocycles. The Bertz CT molecular complexity index is 271. The van der Waals surface area contributed by atoms with E-state index in [1.165, 1.54) is 0 Å². The van der Waals surface area contributed by atoms with Crippen molar-refractivity contribution in [2.45, 2.75) is 6.10 Å². The van der Waals surface area contributed by atoms with E-state index in [1.807, 2.05) is 12.1 Å². The monoisotopic (exact) mass is 151 g/mol. The van der Waals surface area contributed by atoms with Gasteiger partial charge in [-0.25, -0.2) is 0 Å². The molecule has 2 heteroatoms. The third-order valence-corrected chi connectivity index (χ3v) is 1.51. The molecule has 0 radical (unpaired) electrons. The van der Waals surface area contributed by atoms with E-state index in [0.29, 0.717) is 18.4 Å². The summed E-state index contributed by atoms with van der Waals surface area (Å²) in [7, 11) is 0. The molecule has 2 nitrogen and oxygen atoms in total. The van der Waals surface area contributed by atoms with Gasteiger partial charge in [0.15, 0.2) is 0 Å². The third kappa shape index (κ3) is 1.95. The highest BCUT2D eigenvalue weighted by atomic mass is 16.6. The predicted octanol–water partition coefficient (Wildman–Crippen LogP) is 1.46. The zero-order valence-electron chi connectivity index (χ0n) is 7.12. The average Bonchev–Trinajstić information content (AvgIpc) is 2.86. The van der Waals surface area contributed by atoms with Gasteiger partial charge in [0.1, 0.15) is 18.5 Å². The van der Waals surface area contributed by atoms with Gasteiger partial charge in [-0.15, -0.1) is 0 Å². The Balaban J connectivity index is 1.96. The van der Waals surface area contributed by atoms with Gasteiger partial charge in [0.05, 0.1) is 7.98 Å². The van der Waals surface area contributed by atoms with E-state index < -0.39 is 0 Å². The highest BCUT2D eigenvalue weighted by Gasteiger charge is 2.22. The third-order valence-electron chi connectivity index (χ3n) is 1.51. The number of rotatable bonds is 3. The maximum atomic E-state index is 7.47. The molecule has 0 spiro atoms. The first-order valence-corrected chi connectivity index (χ1v) is 3.66. The molecule has 1 aromatic rings. The van der Waals surface area contributed by atoms with Crippen LogP contribution in [0.1, 0.15) is 1.37 Å². The van der Waals surface area contributed by atoms with Crippen LogP contribution in [-0.4, -0.2) is 19.3 Å². The summed E-state index contributed by atoms with van der Waals surface area (Å²) in [6.45, 7) is 1.36. The lowest BCUT2D eigenvalue weighted by atomic mass is 10.3. The molecule has 0 aromatic heterocycles. The Morgan fingerprint density at radius 2 is 2.55 bits per heavy atom. The van der Waals surface area contributed by atoms with E-state index in [2.05, 4.69) is 0 Å². The summed E-state index contributed by atoms with van der Waals surface area (Å²) in [6.07, 6.45) is 0.254. The van der Waals surface area contributed by atoms with Gasteiger partial charge in [-0.2, -0.15) is 0 Å². The Morgan fingerprint density at radius 1 is 1.64 bits per heavy atom. The number of benzene rings is 1. The summed E-state index contributed by atoms with van der Waals surface area (Å²) in [5.74, 6) is 0.632. The Kier molecular flexibility index (Phi) is 1.49. The highest BCUT2D eigenvalue weighted by Crippen LogP contribution is 2.13. The molecule has 1 unspecified atom stereocenters. The molecule has 0 aliphatic carbocycles. The second-order valence-electron chi connectivity index (χ2n) is 2.49. The largest absolute Gasteiger partial charge is 0.491 e. The summed E-state index contributed by atoms with van der Waals surface area (Å²) >= 11 is 0. The van der Waals surface area contributed by atoms with Crippen molar-refractivity contribution in [2.24, 2.45) is 0 Å². The lowest BCUT2D eigenvalue weighted by Gasteiger charge is -2.01. The normalized spacial score (nSPS) is 22.5. The van der Waals surface area contributed by atoms with Gasteiger partial charge in [-0.3, -0.25) is 0 Å². The molecule has 1 heterocycles. The van der Waals surface area contributed by atoms with Gasteiger partial charge < -0.3 is 9.47 Å². The Labute approximate surface area is 67.2 Å². The standard InChI is InChI=1S/C9H10O2/c1-2-4-8(5-3-1)10-6-9-7-11-9/h1-5,9H,6-7H2/i4D. The summed E-state index contributed by atoms with van der Waals surface area (Å²) in [6, 6.07) is 7.62. The van der Waals surface area contributed by atoms with Crippen LogP contribution in [0.3, 0.4) is 0 Å². The minimum Gasteiger partial charge on any atom is -0.491 e. The van der Waals surface area contributed by atoms with Crippen LogP contribution >= 0.6 is 0 Å². The van der Waals surface area contributed by atoms with Crippen LogP contribution in [0, 0.1) is 0 Å². The van der Waals surface area contributed by atoms with E-state index in [4.69, 9.17) is 10.8 Å². The maximum Gasteiger partial charge on any atom is 0.119 e. The first-order valence-electron chi connectivity index (χ1n) is 4.16. The minimum absolute atomic E-state index is 0.254. The van der Waals surface area contributed by atoms with Crippen LogP contribution in [-0.2, 0) is 4.74 Å². The van der Waals surface area contributed by atoms with E-state index in [1.54, 1.807) is 12.1 Å². The average molecular weight is 151 g/mol. The molecule has 0 N–H and O–H groups in total. The van der Waals surface area contributed by atoms with Crippen LogP contribution in [0.5, 0.6) is 5.75 Å². The fraction of sp³-hybridized carbons (Fsp3) is 0.333. The molecule has 1 aromatic carbocycles. The molecule has 0 saturated carbocycles. The van der Waals surface area contributed by atoms with E-state index in [9.17, 15) is 0 Å². The van der Waals surface area contributed by atoms with Crippen LogP contribution in [0.25, 0.3) is 0 Å². The van der Waals surface area contributed by atoms with E-state index >= 15 is 0 Å². The first kappa shape index (κ1) is 5.61. The van der Waals surface area contributed by atoms with Crippen LogP contribution in [0.2, 0.25) is 0 Å². The van der Waals surface area contributed by atoms with Crippen molar-refractivity contribution in [1.29, 1.82) is 0 Å². The molecular formula is C9H10O2. The molecular weight excluding hydrogens is 140 g/mol. The van der Waals surface area contributed by atoms with Gasteiger partial charge >= 0.3 is 0 Å². The fourth-order valence-corrected chi connectivity index (χ4v) is 0.814. The SMILES string of the molecule is [2H]c1ccccc1OCC1CO1. The quantitative estimate of drug-likeness (QED) is 0.610. The van der Waals surface area contributed by atoms with Crippen molar-refractivity contribution in [3.63, 3.8) is 0 Å². The zero-order chi connectivity index (χ0) is 8.39. The molecule has 2 rings (SSSR count).